The number of nitrogens with one attached hydrogen (secondary N) is 1. The van der Waals surface area contributed by atoms with Crippen LogP contribution in [0.25, 0.3) is 5.69 Å². The summed E-state index contributed by atoms with van der Waals surface area (Å²) < 4.78 is 1.17. The van der Waals surface area contributed by atoms with E-state index in [4.69, 9.17) is 52.2 Å². The lowest BCUT2D eigenvalue weighted by atomic mass is 10.0. The lowest BCUT2D eigenvalue weighted by Gasteiger charge is -2.19. The SMILES string of the molecule is CCCCCCCCCCCCCC(=O)c1ccc(Cl)c(N(N)c2cc(=O)n(-c3c(Cl)cc(Cl)cc3Cl)[nH]2)c1. The van der Waals surface area contributed by atoms with E-state index in [-0.39, 0.29) is 27.3 Å². The number of hydrogen-bond acceptors (Lipinski definition) is 4. The molecule has 0 saturated heterocycles. The Labute approximate surface area is 250 Å². The first kappa shape index (κ1) is 31.6. The molecule has 0 atom stereocenters. The van der Waals surface area contributed by atoms with E-state index in [0.29, 0.717) is 27.7 Å². The molecule has 3 rings (SSSR count). The predicted molar refractivity (Wildman–Crippen MR) is 165 cm³/mol. The highest BCUT2D eigenvalue weighted by molar-refractivity contribution is 6.40. The first-order valence-corrected chi connectivity index (χ1v) is 15.1. The normalized spacial score (nSPS) is 11.2. The number of rotatable bonds is 16. The van der Waals surface area contributed by atoms with Crippen LogP contribution in [-0.4, -0.2) is 15.6 Å². The number of carbonyl (C=O) groups is 1. The van der Waals surface area contributed by atoms with E-state index < -0.39 is 5.56 Å². The van der Waals surface area contributed by atoms with E-state index in [1.54, 1.807) is 18.2 Å². The van der Waals surface area contributed by atoms with Gasteiger partial charge in [-0.2, -0.15) is 0 Å². The molecule has 2 aromatic carbocycles. The number of ketones is 1. The molecule has 6 nitrogen and oxygen atoms in total. The fourth-order valence-corrected chi connectivity index (χ4v) is 5.71. The summed E-state index contributed by atoms with van der Waals surface area (Å²) in [6, 6.07) is 9.23. The van der Waals surface area contributed by atoms with Gasteiger partial charge in [0.05, 0.1) is 20.8 Å². The third-order valence-corrected chi connectivity index (χ3v) is 7.82. The molecule has 1 heterocycles. The second kappa shape index (κ2) is 15.7. The number of aromatic nitrogens is 2. The summed E-state index contributed by atoms with van der Waals surface area (Å²) in [7, 11) is 0. The van der Waals surface area contributed by atoms with Crippen molar-refractivity contribution < 1.29 is 4.79 Å². The molecule has 39 heavy (non-hydrogen) atoms. The topological polar surface area (TPSA) is 84.1 Å². The molecule has 3 aromatic rings. The highest BCUT2D eigenvalue weighted by Gasteiger charge is 2.19. The number of carbonyl (C=O) groups excluding carboxylic acids is 1. The molecule has 0 spiro atoms. The second-order valence-electron chi connectivity index (χ2n) is 9.78. The minimum atomic E-state index is -0.439. The number of Topliss-reactive ketones (excluding diaryl/α,β-unsaturated/α-hetero) is 1. The van der Waals surface area contributed by atoms with Gasteiger partial charge in [0, 0.05) is 23.1 Å². The molecule has 0 aliphatic heterocycles. The van der Waals surface area contributed by atoms with Gasteiger partial charge in [0.1, 0.15) is 11.5 Å². The largest absolute Gasteiger partial charge is 0.294 e. The van der Waals surface area contributed by atoms with Crippen LogP contribution in [0.2, 0.25) is 20.1 Å². The number of unbranched alkanes of at least 4 members (excludes halogenated alkanes) is 10. The average molecular weight is 614 g/mol. The van der Waals surface area contributed by atoms with Crippen molar-refractivity contribution in [1.82, 2.24) is 9.78 Å². The van der Waals surface area contributed by atoms with Gasteiger partial charge in [0.15, 0.2) is 5.78 Å². The summed E-state index contributed by atoms with van der Waals surface area (Å²) in [5.74, 6) is 6.59. The van der Waals surface area contributed by atoms with E-state index in [2.05, 4.69) is 12.0 Å². The van der Waals surface area contributed by atoms with Gasteiger partial charge < -0.3 is 0 Å². The quantitative estimate of drug-likeness (QED) is 0.0728. The van der Waals surface area contributed by atoms with Crippen LogP contribution in [0, 0.1) is 0 Å². The number of hydrazine groups is 1. The van der Waals surface area contributed by atoms with Crippen molar-refractivity contribution in [1.29, 1.82) is 0 Å². The zero-order chi connectivity index (χ0) is 28.4. The summed E-state index contributed by atoms with van der Waals surface area (Å²) in [6.07, 6.45) is 13.9. The van der Waals surface area contributed by atoms with Gasteiger partial charge in [-0.25, -0.2) is 10.5 Å². The molecule has 0 aliphatic carbocycles. The molecule has 10 heteroatoms. The van der Waals surface area contributed by atoms with Gasteiger partial charge >= 0.3 is 0 Å². The van der Waals surface area contributed by atoms with Crippen molar-refractivity contribution in [3.05, 3.63) is 72.4 Å². The summed E-state index contributed by atoms with van der Waals surface area (Å²) >= 11 is 25.0. The monoisotopic (exact) mass is 612 g/mol. The fourth-order valence-electron chi connectivity index (χ4n) is 4.52. The third kappa shape index (κ3) is 9.02. The maximum Gasteiger partial charge on any atom is 0.273 e. The minimum Gasteiger partial charge on any atom is -0.294 e. The van der Waals surface area contributed by atoms with Gasteiger partial charge in [0.25, 0.3) is 5.56 Å². The molecule has 0 amide bonds. The fraction of sp³-hybridized carbons (Fsp3) is 0.448. The highest BCUT2D eigenvalue weighted by atomic mass is 35.5. The van der Waals surface area contributed by atoms with Crippen molar-refractivity contribution in [2.75, 3.05) is 5.01 Å². The Balaban J connectivity index is 1.57. The van der Waals surface area contributed by atoms with Crippen molar-refractivity contribution in [3.63, 3.8) is 0 Å². The average Bonchev–Trinajstić information content (AvgIpc) is 3.27. The van der Waals surface area contributed by atoms with E-state index in [1.807, 2.05) is 0 Å². The zero-order valence-corrected chi connectivity index (χ0v) is 25.3. The van der Waals surface area contributed by atoms with E-state index in [9.17, 15) is 9.59 Å². The number of nitrogens with zero attached hydrogens (tertiary/aromatic N) is 2. The lowest BCUT2D eigenvalue weighted by Crippen LogP contribution is -2.26. The molecule has 0 aliphatic rings. The number of nitrogens with two attached hydrogens (primary N) is 1. The molecule has 3 N–H and O–H groups in total. The van der Waals surface area contributed by atoms with Gasteiger partial charge in [-0.15, -0.1) is 0 Å². The Morgan fingerprint density at radius 2 is 1.38 bits per heavy atom. The number of hydrogen-bond donors (Lipinski definition) is 2. The van der Waals surface area contributed by atoms with Gasteiger partial charge in [0.2, 0.25) is 0 Å². The van der Waals surface area contributed by atoms with Gasteiger partial charge in [-0.1, -0.05) is 118 Å². The third-order valence-electron chi connectivity index (χ3n) is 6.71. The molecule has 0 radical (unpaired) electrons. The molecular formula is C29H36Cl4N4O2. The molecule has 0 saturated carbocycles. The van der Waals surface area contributed by atoms with Crippen LogP contribution in [0.4, 0.5) is 11.5 Å². The van der Waals surface area contributed by atoms with Gasteiger partial charge in [-0.3, -0.25) is 19.7 Å². The van der Waals surface area contributed by atoms with Crippen LogP contribution in [0.5, 0.6) is 0 Å². The van der Waals surface area contributed by atoms with Crippen LogP contribution in [0.1, 0.15) is 94.3 Å². The number of benzene rings is 2. The van der Waals surface area contributed by atoms with Crippen molar-refractivity contribution in [2.24, 2.45) is 5.84 Å². The molecular weight excluding hydrogens is 578 g/mol. The molecule has 1 aromatic heterocycles. The van der Waals surface area contributed by atoms with Crippen LogP contribution in [0.3, 0.4) is 0 Å². The smallest absolute Gasteiger partial charge is 0.273 e. The number of aromatic amines is 1. The summed E-state index contributed by atoms with van der Waals surface area (Å²) in [5, 5.41) is 5.18. The predicted octanol–water partition coefficient (Wildman–Crippen LogP) is 9.67. The Hall–Kier alpha value is -1.96. The maximum absolute atomic E-state index is 12.9. The summed E-state index contributed by atoms with van der Waals surface area (Å²) in [4.78, 5) is 25.6. The van der Waals surface area contributed by atoms with Gasteiger partial charge in [-0.05, 0) is 36.8 Å². The molecule has 212 valence electrons. The van der Waals surface area contributed by atoms with E-state index in [1.165, 1.54) is 79.3 Å². The second-order valence-corrected chi connectivity index (χ2v) is 11.4. The first-order chi connectivity index (χ1) is 18.7. The Kier molecular flexibility index (Phi) is 12.7. The zero-order valence-electron chi connectivity index (χ0n) is 22.2. The Bertz CT molecular complexity index is 1280. The standard InChI is InChI=1S/C29H36Cl4N4O2/c1-2-3-4-5-6-7-8-9-10-11-12-13-26(38)20-14-15-22(31)25(16-20)36(34)27-19-28(39)37(35-27)29-23(32)17-21(30)18-24(29)33/h14-19,35H,2-13,34H2,1H3. The Morgan fingerprint density at radius 3 is 1.97 bits per heavy atom. The van der Waals surface area contributed by atoms with Crippen molar-refractivity contribution in [2.45, 2.75) is 84.0 Å². The van der Waals surface area contributed by atoms with E-state index in [0.717, 1.165) is 19.3 Å². The number of anilines is 2. The Morgan fingerprint density at radius 1 is 0.821 bits per heavy atom. The van der Waals surface area contributed by atoms with Crippen LogP contribution in [-0.2, 0) is 0 Å². The molecule has 0 bridgehead atoms. The lowest BCUT2D eigenvalue weighted by molar-refractivity contribution is 0.0979. The van der Waals surface area contributed by atoms with E-state index >= 15 is 0 Å². The number of H-pyrrole nitrogens is 1. The summed E-state index contributed by atoms with van der Waals surface area (Å²) in [6.45, 7) is 2.24. The minimum absolute atomic E-state index is 0.0306. The summed E-state index contributed by atoms with van der Waals surface area (Å²) in [5.41, 5.74) is 0.700. The van der Waals surface area contributed by atoms with Crippen LogP contribution >= 0.6 is 46.4 Å². The first-order valence-electron chi connectivity index (χ1n) is 13.6. The van der Waals surface area contributed by atoms with Crippen LogP contribution in [0.15, 0.2) is 41.2 Å². The molecule has 0 unspecified atom stereocenters. The van der Waals surface area contributed by atoms with Crippen LogP contribution < -0.4 is 16.4 Å². The van der Waals surface area contributed by atoms with Crippen molar-refractivity contribution in [3.8, 4) is 5.69 Å². The maximum atomic E-state index is 12.9. The molecule has 0 fully saturated rings. The number of halogens is 4. The highest BCUT2D eigenvalue weighted by Crippen LogP contribution is 2.33. The van der Waals surface area contributed by atoms with Crippen molar-refractivity contribution >= 4 is 63.7 Å².